The van der Waals surface area contributed by atoms with Crippen LogP contribution in [0.3, 0.4) is 0 Å². The number of nitrogen functional groups attached to an aromatic ring is 1. The molecule has 0 aliphatic carbocycles. The van der Waals surface area contributed by atoms with Gasteiger partial charge in [0.15, 0.2) is 11.6 Å². The average Bonchev–Trinajstić information content (AvgIpc) is 2.28. The molecule has 1 aliphatic rings. The Kier molecular flexibility index (Phi) is 3.81. The van der Waals surface area contributed by atoms with Gasteiger partial charge < -0.3 is 20.1 Å². The molecule has 0 spiro atoms. The molecule has 0 saturated carbocycles. The Morgan fingerprint density at radius 1 is 1.59 bits per heavy atom. The maximum absolute atomic E-state index is 5.78. The minimum absolute atomic E-state index is 0.106. The Balaban J connectivity index is 1.88. The third-order valence-corrected chi connectivity index (χ3v) is 2.79. The van der Waals surface area contributed by atoms with Crippen molar-refractivity contribution in [3.8, 4) is 5.75 Å². The normalized spacial score (nSPS) is 21.4. The van der Waals surface area contributed by atoms with Crippen LogP contribution in [0.25, 0.3) is 0 Å². The summed E-state index contributed by atoms with van der Waals surface area (Å²) in [6.45, 7) is 5.04. The van der Waals surface area contributed by atoms with Gasteiger partial charge in [0.2, 0.25) is 0 Å². The fraction of sp³-hybridized carbons (Fsp3) is 0.583. The third kappa shape index (κ3) is 3.31. The smallest absolute Gasteiger partial charge is 0.166 e. The van der Waals surface area contributed by atoms with Gasteiger partial charge in [0.25, 0.3) is 0 Å². The van der Waals surface area contributed by atoms with Crippen LogP contribution in [-0.2, 0) is 4.74 Å². The van der Waals surface area contributed by atoms with Gasteiger partial charge in [-0.05, 0) is 26.1 Å². The molecule has 0 amide bonds. The van der Waals surface area contributed by atoms with E-state index in [2.05, 4.69) is 16.9 Å². The van der Waals surface area contributed by atoms with Crippen molar-refractivity contribution in [2.24, 2.45) is 0 Å². The first kappa shape index (κ1) is 12.1. The fourth-order valence-electron chi connectivity index (χ4n) is 1.84. The summed E-state index contributed by atoms with van der Waals surface area (Å²) < 4.78 is 11.2. The van der Waals surface area contributed by atoms with Crippen LogP contribution in [0, 0.1) is 6.92 Å². The molecule has 1 unspecified atom stereocenters. The van der Waals surface area contributed by atoms with Crippen LogP contribution in [0.1, 0.15) is 5.69 Å². The van der Waals surface area contributed by atoms with Crippen LogP contribution in [0.4, 0.5) is 5.82 Å². The number of rotatable bonds is 3. The van der Waals surface area contributed by atoms with E-state index in [1.54, 1.807) is 0 Å². The van der Waals surface area contributed by atoms with Crippen molar-refractivity contribution in [3.05, 3.63) is 17.8 Å². The summed E-state index contributed by atoms with van der Waals surface area (Å²) >= 11 is 0. The van der Waals surface area contributed by atoms with E-state index in [0.717, 1.165) is 25.4 Å². The highest BCUT2D eigenvalue weighted by molar-refractivity contribution is 5.46. The molecule has 1 aliphatic heterocycles. The molecule has 2 heterocycles. The standard InChI is InChI=1S/C12H19N3O2/c1-9-3-4-11(12(13)14-9)17-8-10-7-15(2)5-6-16-10/h3-4,10H,5-8H2,1-2H3,(H2,13,14). The number of hydrogen-bond donors (Lipinski definition) is 1. The van der Waals surface area contributed by atoms with Gasteiger partial charge in [0, 0.05) is 18.8 Å². The Bertz CT molecular complexity index is 384. The van der Waals surface area contributed by atoms with Gasteiger partial charge >= 0.3 is 0 Å². The predicted molar refractivity (Wildman–Crippen MR) is 66.1 cm³/mol. The fourth-order valence-corrected chi connectivity index (χ4v) is 1.84. The van der Waals surface area contributed by atoms with Crippen molar-refractivity contribution >= 4 is 5.82 Å². The number of aromatic nitrogens is 1. The molecule has 2 N–H and O–H groups in total. The van der Waals surface area contributed by atoms with Gasteiger partial charge in [-0.25, -0.2) is 4.98 Å². The SMILES string of the molecule is Cc1ccc(OCC2CN(C)CCO2)c(N)n1. The zero-order valence-electron chi connectivity index (χ0n) is 10.3. The van der Waals surface area contributed by atoms with Gasteiger partial charge in [0.1, 0.15) is 12.7 Å². The minimum atomic E-state index is 0.106. The van der Waals surface area contributed by atoms with Crippen molar-refractivity contribution in [1.82, 2.24) is 9.88 Å². The molecular weight excluding hydrogens is 218 g/mol. The number of hydrogen-bond acceptors (Lipinski definition) is 5. The van der Waals surface area contributed by atoms with E-state index in [9.17, 15) is 0 Å². The second kappa shape index (κ2) is 5.33. The van der Waals surface area contributed by atoms with Gasteiger partial charge in [-0.3, -0.25) is 0 Å². The lowest BCUT2D eigenvalue weighted by Crippen LogP contribution is -2.42. The lowest BCUT2D eigenvalue weighted by atomic mass is 10.3. The number of anilines is 1. The zero-order chi connectivity index (χ0) is 12.3. The van der Waals surface area contributed by atoms with E-state index < -0.39 is 0 Å². The van der Waals surface area contributed by atoms with Crippen LogP contribution in [-0.4, -0.2) is 49.3 Å². The van der Waals surface area contributed by atoms with Crippen LogP contribution in [0.15, 0.2) is 12.1 Å². The maximum Gasteiger partial charge on any atom is 0.166 e. The Hall–Kier alpha value is -1.33. The summed E-state index contributed by atoms with van der Waals surface area (Å²) in [6, 6.07) is 3.74. The lowest BCUT2D eigenvalue weighted by molar-refractivity contribution is -0.0402. The first-order valence-corrected chi connectivity index (χ1v) is 5.81. The van der Waals surface area contributed by atoms with Crippen LogP contribution >= 0.6 is 0 Å². The molecular formula is C12H19N3O2. The van der Waals surface area contributed by atoms with Gasteiger partial charge in [-0.2, -0.15) is 0 Å². The Morgan fingerprint density at radius 2 is 2.41 bits per heavy atom. The summed E-state index contributed by atoms with van der Waals surface area (Å²) in [7, 11) is 2.08. The van der Waals surface area contributed by atoms with Crippen molar-refractivity contribution in [2.75, 3.05) is 39.1 Å². The highest BCUT2D eigenvalue weighted by atomic mass is 16.5. The molecule has 0 radical (unpaired) electrons. The number of pyridine rings is 1. The third-order valence-electron chi connectivity index (χ3n) is 2.79. The van der Waals surface area contributed by atoms with Crippen molar-refractivity contribution < 1.29 is 9.47 Å². The molecule has 0 aromatic carbocycles. The number of nitrogens with zero attached hydrogens (tertiary/aromatic N) is 2. The first-order chi connectivity index (χ1) is 8.15. The van der Waals surface area contributed by atoms with E-state index in [1.807, 2.05) is 19.1 Å². The molecule has 17 heavy (non-hydrogen) atoms. The molecule has 1 fully saturated rings. The highest BCUT2D eigenvalue weighted by Gasteiger charge is 2.18. The van der Waals surface area contributed by atoms with Gasteiger partial charge in [-0.15, -0.1) is 0 Å². The number of nitrogens with two attached hydrogens (primary N) is 1. The number of morpholine rings is 1. The zero-order valence-corrected chi connectivity index (χ0v) is 10.3. The van der Waals surface area contributed by atoms with E-state index in [-0.39, 0.29) is 6.10 Å². The predicted octanol–water partition coefficient (Wildman–Crippen LogP) is 0.682. The van der Waals surface area contributed by atoms with Gasteiger partial charge in [-0.1, -0.05) is 0 Å². The molecule has 94 valence electrons. The van der Waals surface area contributed by atoms with Gasteiger partial charge in [0.05, 0.1) is 6.61 Å². The molecule has 1 aromatic heterocycles. The largest absolute Gasteiger partial charge is 0.487 e. The van der Waals surface area contributed by atoms with E-state index in [0.29, 0.717) is 18.2 Å². The van der Waals surface area contributed by atoms with Crippen LogP contribution < -0.4 is 10.5 Å². The highest BCUT2D eigenvalue weighted by Crippen LogP contribution is 2.19. The summed E-state index contributed by atoms with van der Waals surface area (Å²) in [5.74, 6) is 1.07. The molecule has 5 nitrogen and oxygen atoms in total. The van der Waals surface area contributed by atoms with Crippen molar-refractivity contribution in [2.45, 2.75) is 13.0 Å². The Morgan fingerprint density at radius 3 is 3.12 bits per heavy atom. The van der Waals surface area contributed by atoms with Crippen molar-refractivity contribution in [3.63, 3.8) is 0 Å². The second-order valence-electron chi connectivity index (χ2n) is 4.40. The first-order valence-electron chi connectivity index (χ1n) is 5.81. The summed E-state index contributed by atoms with van der Waals surface area (Å²) in [5, 5.41) is 0. The van der Waals surface area contributed by atoms with E-state index in [1.165, 1.54) is 0 Å². The summed E-state index contributed by atoms with van der Waals surface area (Å²) in [5.41, 5.74) is 6.67. The lowest BCUT2D eigenvalue weighted by Gasteiger charge is -2.29. The minimum Gasteiger partial charge on any atom is -0.487 e. The molecule has 1 atom stereocenters. The monoisotopic (exact) mass is 237 g/mol. The number of likely N-dealkylation sites (N-methyl/N-ethyl adjacent to an activating group) is 1. The summed E-state index contributed by atoms with van der Waals surface area (Å²) in [6.07, 6.45) is 0.106. The maximum atomic E-state index is 5.78. The molecule has 0 bridgehead atoms. The van der Waals surface area contributed by atoms with E-state index >= 15 is 0 Å². The summed E-state index contributed by atoms with van der Waals surface area (Å²) in [4.78, 5) is 6.38. The number of aryl methyl sites for hydroxylation is 1. The molecule has 2 rings (SSSR count). The van der Waals surface area contributed by atoms with Crippen LogP contribution in [0.2, 0.25) is 0 Å². The molecule has 5 heteroatoms. The second-order valence-corrected chi connectivity index (χ2v) is 4.40. The molecule has 1 saturated heterocycles. The Labute approximate surface area is 102 Å². The van der Waals surface area contributed by atoms with Crippen molar-refractivity contribution in [1.29, 1.82) is 0 Å². The van der Waals surface area contributed by atoms with Crippen LogP contribution in [0.5, 0.6) is 5.75 Å². The van der Waals surface area contributed by atoms with E-state index in [4.69, 9.17) is 15.2 Å². The average molecular weight is 237 g/mol. The quantitative estimate of drug-likeness (QED) is 0.837. The topological polar surface area (TPSA) is 60.6 Å². The number of ether oxygens (including phenoxy) is 2. The molecule has 1 aromatic rings.